The Labute approximate surface area is 186 Å². The number of hydrogen-bond donors (Lipinski definition) is 1. The van der Waals surface area contributed by atoms with Crippen LogP contribution >= 0.6 is 0 Å². The largest absolute Gasteiger partial charge is 0.494 e. The van der Waals surface area contributed by atoms with E-state index in [1.807, 2.05) is 6.92 Å². The van der Waals surface area contributed by atoms with E-state index in [1.165, 1.54) is 32.2 Å². The third-order valence-electron chi connectivity index (χ3n) is 6.06. The van der Waals surface area contributed by atoms with Crippen LogP contribution in [0.2, 0.25) is 0 Å². The lowest BCUT2D eigenvalue weighted by molar-refractivity contribution is -0.134. The predicted molar refractivity (Wildman–Crippen MR) is 115 cm³/mol. The van der Waals surface area contributed by atoms with E-state index < -0.39 is 12.6 Å². The summed E-state index contributed by atoms with van der Waals surface area (Å²) in [5.41, 5.74) is 1.13. The van der Waals surface area contributed by atoms with Gasteiger partial charge in [0.05, 0.1) is 13.3 Å². The van der Waals surface area contributed by atoms with Crippen molar-refractivity contribution >= 4 is 5.91 Å². The molecular formula is C23H31F3N4O2. The molecule has 1 aliphatic carbocycles. The second-order valence-electron chi connectivity index (χ2n) is 8.56. The third-order valence-corrected chi connectivity index (χ3v) is 6.06. The van der Waals surface area contributed by atoms with Gasteiger partial charge in [-0.3, -0.25) is 14.3 Å². The molecule has 0 atom stereocenters. The van der Waals surface area contributed by atoms with E-state index in [4.69, 9.17) is 4.74 Å². The van der Waals surface area contributed by atoms with E-state index >= 15 is 0 Å². The number of carbonyl (C=O) groups excluding carboxylic acids is 1. The number of aryl methyl sites for hydroxylation is 2. The molecule has 0 radical (unpaired) electrons. The smallest absolute Gasteiger partial charge is 0.389 e. The maximum Gasteiger partial charge on any atom is 0.389 e. The minimum Gasteiger partial charge on any atom is -0.494 e. The van der Waals surface area contributed by atoms with Crippen LogP contribution in [0.1, 0.15) is 68.0 Å². The summed E-state index contributed by atoms with van der Waals surface area (Å²) < 4.78 is 44.7. The number of carbonyl (C=O) groups is 1. The lowest BCUT2D eigenvalue weighted by Crippen LogP contribution is -2.31. The monoisotopic (exact) mass is 452 g/mol. The van der Waals surface area contributed by atoms with Crippen molar-refractivity contribution in [2.24, 2.45) is 11.8 Å². The average Bonchev–Trinajstić information content (AvgIpc) is 3.20. The predicted octanol–water partition coefficient (Wildman–Crippen LogP) is 4.89. The molecule has 1 aliphatic rings. The van der Waals surface area contributed by atoms with Crippen molar-refractivity contribution in [1.29, 1.82) is 0 Å². The number of hydrogen-bond acceptors (Lipinski definition) is 4. The summed E-state index contributed by atoms with van der Waals surface area (Å²) in [6.07, 6.45) is 2.89. The highest BCUT2D eigenvalue weighted by Gasteiger charge is 2.27. The molecule has 2 aromatic heterocycles. The van der Waals surface area contributed by atoms with E-state index in [1.54, 1.807) is 10.8 Å². The second-order valence-corrected chi connectivity index (χ2v) is 8.56. The maximum atomic E-state index is 12.7. The SMILES string of the molecule is CCc1nc(C(=O)NCC2CCC(C)CC2)cn1-c1cnc(CCC(F)(F)F)cc1OC. The van der Waals surface area contributed by atoms with Gasteiger partial charge in [0, 0.05) is 37.3 Å². The molecule has 9 heteroatoms. The number of aromatic nitrogens is 3. The molecule has 0 bridgehead atoms. The quantitative estimate of drug-likeness (QED) is 0.619. The number of rotatable bonds is 8. The molecule has 1 saturated carbocycles. The van der Waals surface area contributed by atoms with E-state index in [9.17, 15) is 18.0 Å². The molecule has 3 rings (SSSR count). The summed E-state index contributed by atoms with van der Waals surface area (Å²) in [6, 6.07) is 1.50. The van der Waals surface area contributed by atoms with E-state index in [2.05, 4.69) is 22.2 Å². The molecule has 0 spiro atoms. The Morgan fingerprint density at radius 3 is 2.62 bits per heavy atom. The molecule has 0 saturated heterocycles. The molecule has 0 aliphatic heterocycles. The zero-order chi connectivity index (χ0) is 23.3. The fraction of sp³-hybridized carbons (Fsp3) is 0.609. The topological polar surface area (TPSA) is 69.0 Å². The summed E-state index contributed by atoms with van der Waals surface area (Å²) in [6.45, 7) is 4.82. The molecule has 1 fully saturated rings. The van der Waals surface area contributed by atoms with Crippen LogP contribution in [0.15, 0.2) is 18.5 Å². The first kappa shape index (κ1) is 24.1. The normalized spacial score (nSPS) is 19.1. The average molecular weight is 453 g/mol. The first-order valence-electron chi connectivity index (χ1n) is 11.2. The molecule has 32 heavy (non-hydrogen) atoms. The lowest BCUT2D eigenvalue weighted by atomic mass is 9.83. The number of halogens is 3. The number of ether oxygens (including phenoxy) is 1. The summed E-state index contributed by atoms with van der Waals surface area (Å²) in [5.74, 6) is 2.05. The molecule has 176 valence electrons. The minimum atomic E-state index is -4.24. The van der Waals surface area contributed by atoms with Crippen molar-refractivity contribution < 1.29 is 22.7 Å². The van der Waals surface area contributed by atoms with Gasteiger partial charge in [-0.2, -0.15) is 13.2 Å². The van der Waals surface area contributed by atoms with Crippen LogP contribution in [-0.4, -0.2) is 40.3 Å². The maximum absolute atomic E-state index is 12.7. The highest BCUT2D eigenvalue weighted by molar-refractivity contribution is 5.92. The molecule has 0 unspecified atom stereocenters. The van der Waals surface area contributed by atoms with Gasteiger partial charge in [-0.15, -0.1) is 0 Å². The van der Waals surface area contributed by atoms with Crippen LogP contribution in [-0.2, 0) is 12.8 Å². The van der Waals surface area contributed by atoms with Gasteiger partial charge in [0.15, 0.2) is 0 Å². The summed E-state index contributed by atoms with van der Waals surface area (Å²) in [5, 5.41) is 3.00. The van der Waals surface area contributed by atoms with Gasteiger partial charge >= 0.3 is 6.18 Å². The number of pyridine rings is 1. The lowest BCUT2D eigenvalue weighted by Gasteiger charge is -2.26. The zero-order valence-electron chi connectivity index (χ0n) is 18.8. The van der Waals surface area contributed by atoms with E-state index in [0.717, 1.165) is 18.8 Å². The first-order valence-corrected chi connectivity index (χ1v) is 11.2. The van der Waals surface area contributed by atoms with Crippen molar-refractivity contribution in [2.45, 2.75) is 65.0 Å². The van der Waals surface area contributed by atoms with Crippen LogP contribution in [0.3, 0.4) is 0 Å². The number of nitrogens with one attached hydrogen (secondary N) is 1. The Morgan fingerprint density at radius 2 is 2.00 bits per heavy atom. The molecule has 2 aromatic rings. The van der Waals surface area contributed by atoms with Crippen molar-refractivity contribution in [3.8, 4) is 11.4 Å². The number of imidazole rings is 1. The summed E-state index contributed by atoms with van der Waals surface area (Å²) in [4.78, 5) is 21.3. The Morgan fingerprint density at radius 1 is 1.28 bits per heavy atom. The fourth-order valence-electron chi connectivity index (χ4n) is 4.07. The Kier molecular flexibility index (Phi) is 7.79. The van der Waals surface area contributed by atoms with Gasteiger partial charge in [0.2, 0.25) is 0 Å². The fourth-order valence-corrected chi connectivity index (χ4v) is 4.07. The van der Waals surface area contributed by atoms with Crippen LogP contribution < -0.4 is 10.1 Å². The molecule has 1 N–H and O–H groups in total. The van der Waals surface area contributed by atoms with Crippen molar-refractivity contribution in [2.75, 3.05) is 13.7 Å². The van der Waals surface area contributed by atoms with Crippen LogP contribution in [0.25, 0.3) is 5.69 Å². The number of amides is 1. The Hall–Kier alpha value is -2.58. The Bertz CT molecular complexity index is 918. The third kappa shape index (κ3) is 6.23. The van der Waals surface area contributed by atoms with Crippen LogP contribution in [0, 0.1) is 11.8 Å². The van der Waals surface area contributed by atoms with Crippen LogP contribution in [0.4, 0.5) is 13.2 Å². The first-order chi connectivity index (χ1) is 15.2. The van der Waals surface area contributed by atoms with Crippen molar-refractivity contribution in [3.63, 3.8) is 0 Å². The Balaban J connectivity index is 1.74. The number of alkyl halides is 3. The van der Waals surface area contributed by atoms with Crippen molar-refractivity contribution in [1.82, 2.24) is 19.9 Å². The standard InChI is InChI=1S/C23H31F3N4O2/c1-4-21-29-18(22(31)28-12-16-7-5-15(2)6-8-16)14-30(21)19-13-27-17(11-20(19)32-3)9-10-23(24,25)26/h11,13-16H,4-10,12H2,1-3H3,(H,28,31). The van der Waals surface area contributed by atoms with Crippen LogP contribution in [0.5, 0.6) is 5.75 Å². The highest BCUT2D eigenvalue weighted by atomic mass is 19.4. The number of nitrogens with zero attached hydrogens (tertiary/aromatic N) is 3. The van der Waals surface area contributed by atoms with Gasteiger partial charge in [0.25, 0.3) is 5.91 Å². The van der Waals surface area contributed by atoms with E-state index in [0.29, 0.717) is 47.5 Å². The second kappa shape index (κ2) is 10.4. The highest BCUT2D eigenvalue weighted by Crippen LogP contribution is 2.29. The van der Waals surface area contributed by atoms with Gasteiger partial charge < -0.3 is 10.1 Å². The minimum absolute atomic E-state index is 0.224. The molecule has 1 amide bonds. The molecular weight excluding hydrogens is 421 g/mol. The van der Waals surface area contributed by atoms with Gasteiger partial charge in [0.1, 0.15) is 23.0 Å². The summed E-state index contributed by atoms with van der Waals surface area (Å²) >= 11 is 0. The molecule has 2 heterocycles. The van der Waals surface area contributed by atoms with Gasteiger partial charge in [-0.1, -0.05) is 26.7 Å². The molecule has 6 nitrogen and oxygen atoms in total. The number of methoxy groups -OCH3 is 1. The summed E-state index contributed by atoms with van der Waals surface area (Å²) in [7, 11) is 1.45. The van der Waals surface area contributed by atoms with E-state index in [-0.39, 0.29) is 12.3 Å². The van der Waals surface area contributed by atoms with Crippen molar-refractivity contribution in [3.05, 3.63) is 35.7 Å². The zero-order valence-corrected chi connectivity index (χ0v) is 18.8. The van der Waals surface area contributed by atoms with Gasteiger partial charge in [-0.25, -0.2) is 4.98 Å². The van der Waals surface area contributed by atoms with Gasteiger partial charge in [-0.05, 0) is 31.1 Å². The molecule has 0 aromatic carbocycles.